The summed E-state index contributed by atoms with van der Waals surface area (Å²) >= 11 is 0.750. The second-order valence-electron chi connectivity index (χ2n) is 2.31. The Morgan fingerprint density at radius 1 is 1.12 bits per heavy atom. The van der Waals surface area contributed by atoms with E-state index in [0.717, 1.165) is 20.4 Å². The van der Waals surface area contributed by atoms with Crippen molar-refractivity contribution in [1.82, 2.24) is 5.48 Å². The van der Waals surface area contributed by atoms with Gasteiger partial charge in [0.15, 0.2) is 0 Å². The molecule has 0 bridgehead atoms. The number of hydrogen-bond acceptors (Lipinski definition) is 4. The number of hydrogen-bond donors (Lipinski definition) is 3. The zero-order chi connectivity index (χ0) is 14.4. The standard InChI is InChI=1S/C3H8O.C2H7NO.2C2H6N.O.Ti/c1-3(2)4;1-2-3-4;2*1-2-3;;/h3-4H,1-2H3;3-4H,2H2,1H3;2*3H,2H2,1H3;;/q;;2*-1;;+2. The van der Waals surface area contributed by atoms with Crippen molar-refractivity contribution in [2.24, 2.45) is 0 Å². The molecule has 0 aromatic heterocycles. The first-order valence-corrected chi connectivity index (χ1v) is 5.66. The third-order valence-corrected chi connectivity index (χ3v) is 0.158. The number of rotatable bonds is 1. The molecule has 0 amide bonds. The molecule has 0 radical (unpaired) electrons. The molecule has 100 valence electrons. The maximum absolute atomic E-state index is 8.25. The van der Waals surface area contributed by atoms with E-state index in [2.05, 4.69) is 0 Å². The fourth-order valence-electron chi connectivity index (χ4n) is 0. The van der Waals surface area contributed by atoms with E-state index in [9.17, 15) is 0 Å². The van der Waals surface area contributed by atoms with Crippen LogP contribution in [0.5, 0.6) is 0 Å². The molecule has 0 saturated carbocycles. The van der Waals surface area contributed by atoms with Gasteiger partial charge in [0.2, 0.25) is 0 Å². The van der Waals surface area contributed by atoms with Gasteiger partial charge in [0.05, 0.1) is 0 Å². The summed E-state index contributed by atoms with van der Waals surface area (Å²) < 4.78 is 8.25. The second-order valence-corrected chi connectivity index (χ2v) is 2.31. The van der Waals surface area contributed by atoms with E-state index in [4.69, 9.17) is 25.1 Å². The topological polar surface area (TPSA) is 117 Å². The monoisotopic (exact) mass is 273 g/mol. The molecule has 0 heterocycles. The van der Waals surface area contributed by atoms with Gasteiger partial charge in [-0.2, -0.15) is 13.1 Å². The first-order valence-electron chi connectivity index (χ1n) is 5.02. The Bertz CT molecular complexity index is 65.2. The van der Waals surface area contributed by atoms with Crippen molar-refractivity contribution in [1.29, 1.82) is 0 Å². The van der Waals surface area contributed by atoms with E-state index in [1.807, 2.05) is 12.4 Å². The van der Waals surface area contributed by atoms with Gasteiger partial charge in [0.25, 0.3) is 0 Å². The molecule has 0 atom stereocenters. The molecule has 0 aliphatic rings. The Morgan fingerprint density at radius 2 is 1.19 bits per heavy atom. The molecule has 0 unspecified atom stereocenters. The van der Waals surface area contributed by atoms with Crippen LogP contribution in [0.25, 0.3) is 11.5 Å². The fraction of sp³-hybridized carbons (Fsp3) is 1.00. The number of nitrogens with one attached hydrogen (secondary N) is 3. The SMILES string of the molecule is CC(C)O.CCNO.CC[NH-].CC[NH-].[O]=[Ti+2]. The van der Waals surface area contributed by atoms with Crippen LogP contribution in [0.1, 0.15) is 34.6 Å². The predicted molar refractivity (Wildman–Crippen MR) is 63.2 cm³/mol. The zero-order valence-corrected chi connectivity index (χ0v) is 12.6. The van der Waals surface area contributed by atoms with Gasteiger partial charge in [0, 0.05) is 12.6 Å². The van der Waals surface area contributed by atoms with Gasteiger partial charge in [-0.15, -0.1) is 0 Å². The Labute approximate surface area is 111 Å². The summed E-state index contributed by atoms with van der Waals surface area (Å²) in [7, 11) is 0. The van der Waals surface area contributed by atoms with Crippen LogP contribution in [-0.4, -0.2) is 36.1 Å². The molecular formula is C9H27N3O3Ti. The number of aliphatic hydroxyl groups is 1. The Morgan fingerprint density at radius 3 is 1.19 bits per heavy atom. The third-order valence-electron chi connectivity index (χ3n) is 0.158. The van der Waals surface area contributed by atoms with Crippen LogP contribution in [0.15, 0.2) is 0 Å². The normalized spacial score (nSPS) is 6.75. The van der Waals surface area contributed by atoms with Gasteiger partial charge in [-0.1, -0.05) is 20.8 Å². The van der Waals surface area contributed by atoms with Crippen LogP contribution >= 0.6 is 0 Å². The first-order chi connectivity index (χ1) is 7.47. The maximum atomic E-state index is 8.25. The van der Waals surface area contributed by atoms with Crippen LogP contribution in [0.4, 0.5) is 0 Å². The van der Waals surface area contributed by atoms with Gasteiger partial charge in [-0.05, 0) is 13.8 Å². The molecule has 0 saturated heterocycles. The van der Waals surface area contributed by atoms with E-state index in [-0.39, 0.29) is 6.10 Å². The molecular weight excluding hydrogens is 246 g/mol. The molecule has 5 N–H and O–H groups in total. The molecule has 0 spiro atoms. The van der Waals surface area contributed by atoms with Crippen molar-refractivity contribution in [3.8, 4) is 0 Å². The van der Waals surface area contributed by atoms with E-state index < -0.39 is 0 Å². The zero-order valence-electron chi connectivity index (χ0n) is 11.0. The summed E-state index contributed by atoms with van der Waals surface area (Å²) in [5.41, 5.74) is 14.3. The number of hydroxylamine groups is 1. The van der Waals surface area contributed by atoms with Gasteiger partial charge < -0.3 is 21.8 Å². The van der Waals surface area contributed by atoms with Crippen molar-refractivity contribution < 1.29 is 34.0 Å². The van der Waals surface area contributed by atoms with Crippen molar-refractivity contribution in [3.05, 3.63) is 11.5 Å². The van der Waals surface area contributed by atoms with Crippen molar-refractivity contribution in [2.45, 2.75) is 40.7 Å². The quantitative estimate of drug-likeness (QED) is 0.502. The molecule has 0 aliphatic carbocycles. The summed E-state index contributed by atoms with van der Waals surface area (Å²) in [6.45, 7) is 10.5. The summed E-state index contributed by atoms with van der Waals surface area (Å²) in [4.78, 5) is 0. The van der Waals surface area contributed by atoms with E-state index in [1.165, 1.54) is 0 Å². The molecule has 6 nitrogen and oxygen atoms in total. The molecule has 0 rings (SSSR count). The van der Waals surface area contributed by atoms with Crippen molar-refractivity contribution in [2.75, 3.05) is 19.6 Å². The van der Waals surface area contributed by atoms with E-state index in [1.54, 1.807) is 27.7 Å². The van der Waals surface area contributed by atoms with Crippen LogP contribution in [-0.2, 0) is 23.7 Å². The first kappa shape index (κ1) is 29.9. The van der Waals surface area contributed by atoms with E-state index in [0.29, 0.717) is 19.6 Å². The fourth-order valence-corrected chi connectivity index (χ4v) is 0. The van der Waals surface area contributed by atoms with Crippen LogP contribution in [0.3, 0.4) is 0 Å². The Hall–Kier alpha value is 0.314. The summed E-state index contributed by atoms with van der Waals surface area (Å²) in [5, 5.41) is 15.7. The molecule has 0 aromatic carbocycles. The van der Waals surface area contributed by atoms with Crippen molar-refractivity contribution >= 4 is 0 Å². The third kappa shape index (κ3) is 1470. The molecule has 0 fully saturated rings. The predicted octanol–water partition coefficient (Wildman–Crippen LogP) is 2.37. The summed E-state index contributed by atoms with van der Waals surface area (Å²) in [6, 6.07) is 0. The minimum absolute atomic E-state index is 0.167. The van der Waals surface area contributed by atoms with Gasteiger partial charge >= 0.3 is 23.7 Å². The average molecular weight is 273 g/mol. The summed E-state index contributed by atoms with van der Waals surface area (Å²) in [6.07, 6.45) is -0.167. The van der Waals surface area contributed by atoms with Crippen LogP contribution in [0.2, 0.25) is 0 Å². The van der Waals surface area contributed by atoms with Crippen LogP contribution in [0, 0.1) is 0 Å². The Balaban J connectivity index is -0.0000000322. The Kier molecular flexibility index (Phi) is 110. The number of aliphatic hydroxyl groups excluding tert-OH is 1. The molecule has 7 heteroatoms. The summed E-state index contributed by atoms with van der Waals surface area (Å²) in [5.74, 6) is 0. The van der Waals surface area contributed by atoms with Gasteiger partial charge in [-0.3, -0.25) is 0 Å². The second kappa shape index (κ2) is 58.7. The minimum atomic E-state index is -0.167. The average Bonchev–Trinajstić information content (AvgIpc) is 2.22. The van der Waals surface area contributed by atoms with Gasteiger partial charge in [0.1, 0.15) is 0 Å². The molecule has 16 heavy (non-hydrogen) atoms. The molecule has 0 aliphatic heterocycles. The van der Waals surface area contributed by atoms with Gasteiger partial charge in [-0.25, -0.2) is 5.48 Å². The van der Waals surface area contributed by atoms with Crippen molar-refractivity contribution in [3.63, 3.8) is 0 Å². The van der Waals surface area contributed by atoms with Crippen LogP contribution < -0.4 is 5.48 Å². The molecule has 0 aromatic rings. The van der Waals surface area contributed by atoms with E-state index >= 15 is 0 Å².